The summed E-state index contributed by atoms with van der Waals surface area (Å²) in [5.74, 6) is -0.405. The average molecular weight is 383 g/mol. The van der Waals surface area contributed by atoms with Gasteiger partial charge in [-0.25, -0.2) is 0 Å². The maximum Gasteiger partial charge on any atom is 0.274 e. The van der Waals surface area contributed by atoms with Crippen LogP contribution in [0.15, 0.2) is 60.8 Å². The summed E-state index contributed by atoms with van der Waals surface area (Å²) in [6.45, 7) is 0. The number of nitrogens with one attached hydrogen (secondary N) is 2. The highest BCUT2D eigenvalue weighted by Gasteiger charge is 2.12. The standard InChI is InChI=1S/C19H12Cl2N4O/c20-15-2-1-3-16(18(15)21)25-19(26)17-10-14(8-9-23-17)24-13-6-4-12(11-22)5-7-13/h1-10H,(H,23,24)(H,25,26). The number of hydrogen-bond donors (Lipinski definition) is 2. The van der Waals surface area contributed by atoms with Crippen molar-refractivity contribution in [3.8, 4) is 6.07 Å². The van der Waals surface area contributed by atoms with Crippen LogP contribution in [0.4, 0.5) is 17.1 Å². The maximum atomic E-state index is 12.4. The Morgan fingerprint density at radius 1 is 1.04 bits per heavy atom. The van der Waals surface area contributed by atoms with E-state index in [2.05, 4.69) is 21.7 Å². The minimum atomic E-state index is -0.405. The second-order valence-corrected chi connectivity index (χ2v) is 6.08. The highest BCUT2D eigenvalue weighted by Crippen LogP contribution is 2.29. The smallest absolute Gasteiger partial charge is 0.274 e. The zero-order chi connectivity index (χ0) is 18.5. The molecular weight excluding hydrogens is 371 g/mol. The van der Waals surface area contributed by atoms with E-state index in [4.69, 9.17) is 28.5 Å². The SMILES string of the molecule is N#Cc1ccc(Nc2ccnc(C(=O)Nc3cccc(Cl)c3Cl)c2)cc1. The van der Waals surface area contributed by atoms with Gasteiger partial charge in [0.05, 0.1) is 27.4 Å². The monoisotopic (exact) mass is 382 g/mol. The summed E-state index contributed by atoms with van der Waals surface area (Å²) in [7, 11) is 0. The third-order valence-corrected chi connectivity index (χ3v) is 4.31. The Morgan fingerprint density at radius 3 is 2.54 bits per heavy atom. The fraction of sp³-hybridized carbons (Fsp3) is 0. The van der Waals surface area contributed by atoms with Crippen molar-refractivity contribution in [3.05, 3.63) is 82.1 Å². The molecule has 1 aromatic heterocycles. The van der Waals surface area contributed by atoms with E-state index in [-0.39, 0.29) is 10.7 Å². The Bertz CT molecular complexity index is 997. The van der Waals surface area contributed by atoms with E-state index in [9.17, 15) is 4.79 Å². The number of carbonyl (C=O) groups excluding carboxylic acids is 1. The molecule has 0 aliphatic heterocycles. The second kappa shape index (κ2) is 7.87. The first-order valence-corrected chi connectivity index (χ1v) is 8.31. The number of nitriles is 1. The molecule has 0 atom stereocenters. The lowest BCUT2D eigenvalue weighted by Gasteiger charge is -2.10. The van der Waals surface area contributed by atoms with Gasteiger partial charge in [-0.2, -0.15) is 5.26 Å². The number of rotatable bonds is 4. The number of hydrogen-bond acceptors (Lipinski definition) is 4. The molecule has 0 saturated carbocycles. The van der Waals surface area contributed by atoms with E-state index in [0.717, 1.165) is 5.69 Å². The van der Waals surface area contributed by atoms with Crippen molar-refractivity contribution < 1.29 is 4.79 Å². The van der Waals surface area contributed by atoms with Crippen LogP contribution in [0.3, 0.4) is 0 Å². The zero-order valence-electron chi connectivity index (χ0n) is 13.3. The fourth-order valence-electron chi connectivity index (χ4n) is 2.21. The summed E-state index contributed by atoms with van der Waals surface area (Å²) in [5.41, 5.74) is 2.69. The van der Waals surface area contributed by atoms with Crippen molar-refractivity contribution >= 4 is 46.2 Å². The van der Waals surface area contributed by atoms with Gasteiger partial charge in [0.2, 0.25) is 0 Å². The van der Waals surface area contributed by atoms with E-state index in [0.29, 0.717) is 22.0 Å². The van der Waals surface area contributed by atoms with Crippen LogP contribution < -0.4 is 10.6 Å². The minimum Gasteiger partial charge on any atom is -0.355 e. The van der Waals surface area contributed by atoms with Crippen LogP contribution >= 0.6 is 23.2 Å². The predicted molar refractivity (Wildman–Crippen MR) is 103 cm³/mol. The Kier molecular flexibility index (Phi) is 5.37. The minimum absolute atomic E-state index is 0.222. The number of pyridine rings is 1. The van der Waals surface area contributed by atoms with E-state index < -0.39 is 5.91 Å². The molecule has 0 aliphatic rings. The van der Waals surface area contributed by atoms with E-state index in [1.54, 1.807) is 54.6 Å². The van der Waals surface area contributed by atoms with Gasteiger partial charge < -0.3 is 10.6 Å². The average Bonchev–Trinajstić information content (AvgIpc) is 2.66. The Hall–Kier alpha value is -3.07. The molecule has 0 aliphatic carbocycles. The molecular formula is C19H12Cl2N4O. The molecule has 3 rings (SSSR count). The Morgan fingerprint density at radius 2 is 1.81 bits per heavy atom. The summed E-state index contributed by atoms with van der Waals surface area (Å²) in [4.78, 5) is 16.5. The molecule has 2 aromatic carbocycles. The summed E-state index contributed by atoms with van der Waals surface area (Å²) in [6, 6.07) is 17.4. The molecule has 3 aromatic rings. The molecule has 0 radical (unpaired) electrons. The number of halogens is 2. The molecule has 128 valence electrons. The number of aromatic nitrogens is 1. The van der Waals surface area contributed by atoms with Crippen LogP contribution in [-0.2, 0) is 0 Å². The number of benzene rings is 2. The van der Waals surface area contributed by atoms with Crippen molar-refractivity contribution in [1.29, 1.82) is 5.26 Å². The lowest BCUT2D eigenvalue weighted by molar-refractivity contribution is 0.102. The molecule has 0 spiro atoms. The number of nitrogens with zero attached hydrogens (tertiary/aromatic N) is 2. The lowest BCUT2D eigenvalue weighted by Crippen LogP contribution is -2.14. The zero-order valence-corrected chi connectivity index (χ0v) is 14.8. The molecule has 5 nitrogen and oxygen atoms in total. The lowest BCUT2D eigenvalue weighted by atomic mass is 10.2. The van der Waals surface area contributed by atoms with Gasteiger partial charge in [-0.1, -0.05) is 29.3 Å². The fourth-order valence-corrected chi connectivity index (χ4v) is 2.56. The van der Waals surface area contributed by atoms with Crippen molar-refractivity contribution in [2.24, 2.45) is 0 Å². The van der Waals surface area contributed by atoms with Crippen LogP contribution in [0, 0.1) is 11.3 Å². The first-order chi connectivity index (χ1) is 12.6. The maximum absolute atomic E-state index is 12.4. The first kappa shape index (κ1) is 17.7. The van der Waals surface area contributed by atoms with E-state index >= 15 is 0 Å². The Labute approximate surface area is 160 Å². The largest absolute Gasteiger partial charge is 0.355 e. The Balaban J connectivity index is 1.76. The van der Waals surface area contributed by atoms with Gasteiger partial charge in [0, 0.05) is 17.6 Å². The van der Waals surface area contributed by atoms with Crippen LogP contribution in [0.25, 0.3) is 0 Å². The summed E-state index contributed by atoms with van der Waals surface area (Å²) < 4.78 is 0. The molecule has 0 bridgehead atoms. The number of anilines is 3. The van der Waals surface area contributed by atoms with E-state index in [1.807, 2.05) is 0 Å². The number of carbonyl (C=O) groups is 1. The van der Waals surface area contributed by atoms with Crippen LogP contribution in [-0.4, -0.2) is 10.9 Å². The van der Waals surface area contributed by atoms with Crippen molar-refractivity contribution in [2.75, 3.05) is 10.6 Å². The van der Waals surface area contributed by atoms with Crippen LogP contribution in [0.2, 0.25) is 10.0 Å². The third kappa shape index (κ3) is 4.12. The molecule has 7 heteroatoms. The quantitative estimate of drug-likeness (QED) is 0.645. The third-order valence-electron chi connectivity index (χ3n) is 3.50. The molecule has 2 N–H and O–H groups in total. The molecule has 26 heavy (non-hydrogen) atoms. The van der Waals surface area contributed by atoms with Gasteiger partial charge in [-0.3, -0.25) is 9.78 Å². The second-order valence-electron chi connectivity index (χ2n) is 5.30. The highest BCUT2D eigenvalue weighted by atomic mass is 35.5. The number of amides is 1. The highest BCUT2D eigenvalue weighted by molar-refractivity contribution is 6.44. The van der Waals surface area contributed by atoms with Crippen molar-refractivity contribution in [1.82, 2.24) is 4.98 Å². The van der Waals surface area contributed by atoms with Gasteiger partial charge in [-0.15, -0.1) is 0 Å². The van der Waals surface area contributed by atoms with Crippen molar-refractivity contribution in [2.45, 2.75) is 0 Å². The van der Waals surface area contributed by atoms with E-state index in [1.165, 1.54) is 6.20 Å². The molecule has 0 fully saturated rings. The van der Waals surface area contributed by atoms with Gasteiger partial charge in [0.1, 0.15) is 5.69 Å². The van der Waals surface area contributed by atoms with Crippen molar-refractivity contribution in [3.63, 3.8) is 0 Å². The first-order valence-electron chi connectivity index (χ1n) is 7.55. The van der Waals surface area contributed by atoms with Gasteiger partial charge >= 0.3 is 0 Å². The molecule has 0 saturated heterocycles. The topological polar surface area (TPSA) is 77.8 Å². The van der Waals surface area contributed by atoms with Gasteiger partial charge in [-0.05, 0) is 48.5 Å². The van der Waals surface area contributed by atoms with Gasteiger partial charge in [0.15, 0.2) is 0 Å². The summed E-state index contributed by atoms with van der Waals surface area (Å²) in [6.07, 6.45) is 1.53. The summed E-state index contributed by atoms with van der Waals surface area (Å²) in [5, 5.41) is 15.3. The van der Waals surface area contributed by atoms with Crippen LogP contribution in [0.5, 0.6) is 0 Å². The normalized spacial score (nSPS) is 10.0. The van der Waals surface area contributed by atoms with Crippen LogP contribution in [0.1, 0.15) is 16.1 Å². The molecule has 0 unspecified atom stereocenters. The summed E-state index contributed by atoms with van der Waals surface area (Å²) >= 11 is 12.0. The van der Waals surface area contributed by atoms with Gasteiger partial charge in [0.25, 0.3) is 5.91 Å². The predicted octanol–water partition coefficient (Wildman–Crippen LogP) is 5.26. The molecule has 1 amide bonds. The molecule has 1 heterocycles.